The summed E-state index contributed by atoms with van der Waals surface area (Å²) in [5, 5.41) is 19.3. The maximum absolute atomic E-state index is 10.2. The van der Waals surface area contributed by atoms with E-state index in [1.54, 1.807) is 12.4 Å². The lowest BCUT2D eigenvalue weighted by atomic mass is 9.98. The minimum absolute atomic E-state index is 0.229. The average Bonchev–Trinajstić information content (AvgIpc) is 2.42. The highest BCUT2D eigenvalue weighted by atomic mass is 16.3. The van der Waals surface area contributed by atoms with Crippen LogP contribution in [0, 0.1) is 0 Å². The average molecular weight is 250 g/mol. The Balaban J connectivity index is 1.94. The third-order valence-electron chi connectivity index (χ3n) is 3.71. The van der Waals surface area contributed by atoms with Crippen LogP contribution in [-0.2, 0) is 0 Å². The summed E-state index contributed by atoms with van der Waals surface area (Å²) in [4.78, 5) is 6.27. The van der Waals surface area contributed by atoms with Gasteiger partial charge in [-0.15, -0.1) is 0 Å². The van der Waals surface area contributed by atoms with E-state index in [2.05, 4.69) is 9.88 Å². The van der Waals surface area contributed by atoms with Crippen molar-refractivity contribution in [1.82, 2.24) is 9.88 Å². The van der Waals surface area contributed by atoms with Gasteiger partial charge in [0.1, 0.15) is 0 Å². The summed E-state index contributed by atoms with van der Waals surface area (Å²) in [5.74, 6) is 0. The maximum atomic E-state index is 10.2. The summed E-state index contributed by atoms with van der Waals surface area (Å²) in [6.07, 6.45) is 7.30. The molecule has 2 atom stereocenters. The molecule has 4 nitrogen and oxygen atoms in total. The Bertz CT molecular complexity index is 343. The molecule has 0 bridgehead atoms. The molecule has 0 saturated carbocycles. The first-order valence-corrected chi connectivity index (χ1v) is 6.74. The first kappa shape index (κ1) is 13.5. The Kier molecular flexibility index (Phi) is 5.11. The SMILES string of the molecule is OCCC1CCCCN1CC(O)c1ccncc1. The molecule has 0 radical (unpaired) electrons. The molecule has 1 saturated heterocycles. The first-order chi connectivity index (χ1) is 8.81. The number of nitrogens with zero attached hydrogens (tertiary/aromatic N) is 2. The molecule has 1 aliphatic rings. The molecule has 0 aliphatic carbocycles. The highest BCUT2D eigenvalue weighted by Gasteiger charge is 2.24. The van der Waals surface area contributed by atoms with Crippen molar-refractivity contribution in [3.63, 3.8) is 0 Å². The molecule has 0 spiro atoms. The van der Waals surface area contributed by atoms with Crippen LogP contribution in [0.5, 0.6) is 0 Å². The van der Waals surface area contributed by atoms with E-state index in [1.807, 2.05) is 12.1 Å². The predicted molar refractivity (Wildman–Crippen MR) is 70.1 cm³/mol. The van der Waals surface area contributed by atoms with E-state index in [-0.39, 0.29) is 6.61 Å². The fourth-order valence-electron chi connectivity index (χ4n) is 2.69. The molecule has 1 aromatic heterocycles. The van der Waals surface area contributed by atoms with Crippen LogP contribution in [0.15, 0.2) is 24.5 Å². The van der Waals surface area contributed by atoms with Crippen LogP contribution in [0.3, 0.4) is 0 Å². The quantitative estimate of drug-likeness (QED) is 0.828. The van der Waals surface area contributed by atoms with Gasteiger partial charge >= 0.3 is 0 Å². The second kappa shape index (κ2) is 6.83. The van der Waals surface area contributed by atoms with E-state index in [4.69, 9.17) is 5.11 Å². The van der Waals surface area contributed by atoms with E-state index in [1.165, 1.54) is 12.8 Å². The van der Waals surface area contributed by atoms with Crippen LogP contribution in [0.25, 0.3) is 0 Å². The molecule has 2 N–H and O–H groups in total. The summed E-state index contributed by atoms with van der Waals surface area (Å²) in [5.41, 5.74) is 0.915. The van der Waals surface area contributed by atoms with Crippen LogP contribution in [0.2, 0.25) is 0 Å². The smallest absolute Gasteiger partial charge is 0.0918 e. The number of rotatable bonds is 5. The molecule has 1 aliphatic heterocycles. The maximum Gasteiger partial charge on any atom is 0.0918 e. The van der Waals surface area contributed by atoms with Gasteiger partial charge in [0.2, 0.25) is 0 Å². The number of aliphatic hydroxyl groups is 2. The van der Waals surface area contributed by atoms with Crippen molar-refractivity contribution in [2.75, 3.05) is 19.7 Å². The van der Waals surface area contributed by atoms with Crippen LogP contribution >= 0.6 is 0 Å². The van der Waals surface area contributed by atoms with Crippen molar-refractivity contribution in [3.05, 3.63) is 30.1 Å². The van der Waals surface area contributed by atoms with Crippen molar-refractivity contribution in [2.45, 2.75) is 37.8 Å². The predicted octanol–water partition coefficient (Wildman–Crippen LogP) is 1.35. The lowest BCUT2D eigenvalue weighted by Gasteiger charge is -2.36. The second-order valence-electron chi connectivity index (χ2n) is 4.95. The van der Waals surface area contributed by atoms with Crippen LogP contribution in [-0.4, -0.2) is 45.8 Å². The van der Waals surface area contributed by atoms with Crippen LogP contribution in [0.1, 0.15) is 37.4 Å². The van der Waals surface area contributed by atoms with Crippen LogP contribution in [0.4, 0.5) is 0 Å². The van der Waals surface area contributed by atoms with Gasteiger partial charge in [-0.1, -0.05) is 6.42 Å². The van der Waals surface area contributed by atoms with Gasteiger partial charge < -0.3 is 10.2 Å². The molecule has 2 rings (SSSR count). The van der Waals surface area contributed by atoms with Crippen molar-refractivity contribution in [2.24, 2.45) is 0 Å². The van der Waals surface area contributed by atoms with Crippen molar-refractivity contribution in [3.8, 4) is 0 Å². The molecule has 100 valence electrons. The molecule has 1 fully saturated rings. The molecule has 18 heavy (non-hydrogen) atoms. The molecule has 1 aromatic rings. The van der Waals surface area contributed by atoms with Gasteiger partial charge in [-0.05, 0) is 43.5 Å². The van der Waals surface area contributed by atoms with Crippen molar-refractivity contribution >= 4 is 0 Å². The lowest BCUT2D eigenvalue weighted by Crippen LogP contribution is -2.42. The van der Waals surface area contributed by atoms with Crippen LogP contribution < -0.4 is 0 Å². The monoisotopic (exact) mass is 250 g/mol. The molecule has 4 heteroatoms. The third-order valence-corrected chi connectivity index (χ3v) is 3.71. The van der Waals surface area contributed by atoms with Gasteiger partial charge in [0.25, 0.3) is 0 Å². The number of aliphatic hydroxyl groups excluding tert-OH is 2. The Morgan fingerprint density at radius 3 is 2.83 bits per heavy atom. The van der Waals surface area contributed by atoms with Gasteiger partial charge in [0.15, 0.2) is 0 Å². The van der Waals surface area contributed by atoms with E-state index in [0.29, 0.717) is 12.6 Å². The number of aromatic nitrogens is 1. The summed E-state index contributed by atoms with van der Waals surface area (Å²) in [6, 6.07) is 4.13. The highest BCUT2D eigenvalue weighted by Crippen LogP contribution is 2.22. The topological polar surface area (TPSA) is 56.6 Å². The van der Waals surface area contributed by atoms with Gasteiger partial charge in [-0.3, -0.25) is 9.88 Å². The lowest BCUT2D eigenvalue weighted by molar-refractivity contribution is 0.0565. The third kappa shape index (κ3) is 3.51. The van der Waals surface area contributed by atoms with Gasteiger partial charge in [-0.25, -0.2) is 0 Å². The zero-order valence-corrected chi connectivity index (χ0v) is 10.7. The van der Waals surface area contributed by atoms with Crippen molar-refractivity contribution in [1.29, 1.82) is 0 Å². The van der Waals surface area contributed by atoms with E-state index in [0.717, 1.165) is 24.9 Å². The summed E-state index contributed by atoms with van der Waals surface area (Å²) in [7, 11) is 0. The summed E-state index contributed by atoms with van der Waals surface area (Å²) >= 11 is 0. The molecule has 2 unspecified atom stereocenters. The van der Waals surface area contributed by atoms with E-state index in [9.17, 15) is 5.11 Å². The van der Waals surface area contributed by atoms with E-state index < -0.39 is 6.10 Å². The Morgan fingerprint density at radius 2 is 2.11 bits per heavy atom. The molecular formula is C14H22N2O2. The molecule has 2 heterocycles. The number of piperidine rings is 1. The molecule has 0 aromatic carbocycles. The second-order valence-corrected chi connectivity index (χ2v) is 4.95. The zero-order chi connectivity index (χ0) is 12.8. The normalized spacial score (nSPS) is 22.9. The van der Waals surface area contributed by atoms with Crippen molar-refractivity contribution < 1.29 is 10.2 Å². The minimum Gasteiger partial charge on any atom is -0.396 e. The van der Waals surface area contributed by atoms with Gasteiger partial charge in [0.05, 0.1) is 6.10 Å². The number of β-amino-alcohol motifs (C(OH)–C–C–N with tert-alkyl or cyclic N) is 1. The fourth-order valence-corrected chi connectivity index (χ4v) is 2.69. The first-order valence-electron chi connectivity index (χ1n) is 6.74. The zero-order valence-electron chi connectivity index (χ0n) is 10.7. The molecule has 0 amide bonds. The summed E-state index contributed by atoms with van der Waals surface area (Å²) in [6.45, 7) is 1.90. The minimum atomic E-state index is -0.465. The van der Waals surface area contributed by atoms with Gasteiger partial charge in [-0.2, -0.15) is 0 Å². The number of likely N-dealkylation sites (tertiary alicyclic amines) is 1. The van der Waals surface area contributed by atoms with Gasteiger partial charge in [0, 0.05) is 31.6 Å². The standard InChI is InChI=1S/C14H22N2O2/c17-10-6-13-3-1-2-9-16(13)11-14(18)12-4-7-15-8-5-12/h4-5,7-8,13-14,17-18H,1-3,6,9-11H2. The fraction of sp³-hybridized carbons (Fsp3) is 0.643. The number of hydrogen-bond acceptors (Lipinski definition) is 4. The number of hydrogen-bond donors (Lipinski definition) is 2. The highest BCUT2D eigenvalue weighted by molar-refractivity contribution is 5.13. The van der Waals surface area contributed by atoms with E-state index >= 15 is 0 Å². The summed E-state index contributed by atoms with van der Waals surface area (Å²) < 4.78 is 0. The Labute approximate surface area is 108 Å². The Morgan fingerprint density at radius 1 is 1.33 bits per heavy atom. The Hall–Kier alpha value is -0.970. The largest absolute Gasteiger partial charge is 0.396 e. The molecular weight excluding hydrogens is 228 g/mol. The number of pyridine rings is 1.